The Morgan fingerprint density at radius 3 is 2.49 bits per heavy atom. The molecule has 0 radical (unpaired) electrons. The first-order chi connectivity index (χ1) is 23.8. The summed E-state index contributed by atoms with van der Waals surface area (Å²) in [4.78, 5) is 59.7. The molecule has 4 atom stereocenters. The van der Waals surface area contributed by atoms with Crippen LogP contribution in [0.25, 0.3) is 10.2 Å². The Labute approximate surface area is 295 Å². The number of benzene rings is 2. The summed E-state index contributed by atoms with van der Waals surface area (Å²) in [5, 5.41) is 7.26. The van der Waals surface area contributed by atoms with Crippen molar-refractivity contribution in [2.24, 2.45) is 23.5 Å². The standard InChI is InChI=1S/C40H54N4O4S/c1-3-26-19-20-34-36(22-26)49-37(42-34)25-30(23-31(45)4-2)40(48)44-38(28-13-5-6-14-28)35(46)24-29(15-9-10-21-41)39(47)43-33-18-11-16-27-12-7-8-17-32(27)33/h7-8,12,17,19-20,22,28-30,33,38H,3-6,9-11,13-16,18,21,23-25,41H2,1-2H3,(H,43,47)(H,44,48)/t29-,30+,33-,38+/m1/s1. The molecule has 0 unspecified atom stereocenters. The number of unbranched alkanes of at least 4 members (excludes halogenated alkanes) is 1. The Kier molecular flexibility index (Phi) is 13.5. The van der Waals surface area contributed by atoms with Crippen LogP contribution in [0, 0.1) is 17.8 Å². The Morgan fingerprint density at radius 1 is 0.939 bits per heavy atom. The van der Waals surface area contributed by atoms with Gasteiger partial charge < -0.3 is 16.4 Å². The number of hydrogen-bond donors (Lipinski definition) is 3. The highest BCUT2D eigenvalue weighted by molar-refractivity contribution is 7.18. The summed E-state index contributed by atoms with van der Waals surface area (Å²) in [6.07, 6.45) is 10.5. The van der Waals surface area contributed by atoms with Crippen LogP contribution in [-0.4, -0.2) is 41.0 Å². The van der Waals surface area contributed by atoms with Gasteiger partial charge in [-0.3, -0.25) is 19.2 Å². The molecule has 0 aliphatic heterocycles. The van der Waals surface area contributed by atoms with E-state index in [-0.39, 0.29) is 48.2 Å². The third-order valence-corrected chi connectivity index (χ3v) is 11.6. The zero-order valence-electron chi connectivity index (χ0n) is 29.3. The number of aromatic nitrogens is 1. The molecule has 49 heavy (non-hydrogen) atoms. The van der Waals surface area contributed by atoms with Crippen molar-refractivity contribution in [1.29, 1.82) is 0 Å². The van der Waals surface area contributed by atoms with Crippen molar-refractivity contribution in [2.45, 2.75) is 122 Å². The first kappa shape index (κ1) is 36.8. The molecule has 9 heteroatoms. The van der Waals surface area contributed by atoms with Crippen LogP contribution in [0.15, 0.2) is 42.5 Å². The second-order valence-electron chi connectivity index (χ2n) is 14.1. The van der Waals surface area contributed by atoms with Gasteiger partial charge in [-0.1, -0.05) is 63.4 Å². The number of nitrogens with two attached hydrogens (primary N) is 1. The minimum Gasteiger partial charge on any atom is -0.349 e. The van der Waals surface area contributed by atoms with Gasteiger partial charge in [0.25, 0.3) is 0 Å². The normalized spacial score (nSPS) is 18.1. The molecule has 1 heterocycles. The van der Waals surface area contributed by atoms with Crippen molar-refractivity contribution < 1.29 is 19.2 Å². The SMILES string of the molecule is CCC(=O)C[C@@H](Cc1nc2ccc(CC)cc2s1)C(=O)N[C@H](C(=O)C[C@@H](CCCCN)C(=O)N[C@@H]1CCCc2ccccc21)C1CCCC1. The van der Waals surface area contributed by atoms with Crippen molar-refractivity contribution >= 4 is 44.9 Å². The Bertz CT molecular complexity index is 1600. The summed E-state index contributed by atoms with van der Waals surface area (Å²) < 4.78 is 1.07. The molecule has 2 aliphatic carbocycles. The van der Waals surface area contributed by atoms with Gasteiger partial charge >= 0.3 is 0 Å². The first-order valence-corrected chi connectivity index (χ1v) is 19.4. The average Bonchev–Trinajstić information content (AvgIpc) is 3.79. The van der Waals surface area contributed by atoms with E-state index in [1.54, 1.807) is 11.3 Å². The van der Waals surface area contributed by atoms with Gasteiger partial charge in [-0.05, 0) is 92.7 Å². The van der Waals surface area contributed by atoms with E-state index >= 15 is 0 Å². The zero-order valence-corrected chi connectivity index (χ0v) is 30.1. The molecular formula is C40H54N4O4S. The number of rotatable bonds is 18. The molecule has 1 aromatic heterocycles. The number of aryl methyl sites for hydroxylation is 2. The van der Waals surface area contributed by atoms with Gasteiger partial charge in [0.2, 0.25) is 11.8 Å². The maximum atomic E-state index is 14.2. The largest absolute Gasteiger partial charge is 0.349 e. The van der Waals surface area contributed by atoms with E-state index in [9.17, 15) is 19.2 Å². The number of ketones is 2. The molecule has 0 spiro atoms. The Balaban J connectivity index is 1.32. The molecule has 2 amide bonds. The summed E-state index contributed by atoms with van der Waals surface area (Å²) in [5.74, 6) is -1.55. The number of fused-ring (bicyclic) bond motifs is 2. The lowest BCUT2D eigenvalue weighted by Crippen LogP contribution is -2.49. The fraction of sp³-hybridized carbons (Fsp3) is 0.575. The summed E-state index contributed by atoms with van der Waals surface area (Å²) in [5.41, 5.74) is 10.4. The molecular weight excluding hydrogens is 633 g/mol. The van der Waals surface area contributed by atoms with Crippen LogP contribution in [0.5, 0.6) is 0 Å². The predicted molar refractivity (Wildman–Crippen MR) is 196 cm³/mol. The second-order valence-corrected chi connectivity index (χ2v) is 15.2. The van der Waals surface area contributed by atoms with Gasteiger partial charge in [-0.15, -0.1) is 11.3 Å². The van der Waals surface area contributed by atoms with Crippen LogP contribution in [0.3, 0.4) is 0 Å². The third kappa shape index (κ3) is 9.85. The van der Waals surface area contributed by atoms with Crippen LogP contribution in [0.2, 0.25) is 0 Å². The molecule has 264 valence electrons. The number of nitrogens with one attached hydrogen (secondary N) is 2. The number of Topliss-reactive ketones (excluding diaryl/α,β-unsaturated/α-hetero) is 2. The van der Waals surface area contributed by atoms with Crippen molar-refractivity contribution in [3.05, 3.63) is 64.2 Å². The van der Waals surface area contributed by atoms with Gasteiger partial charge in [0, 0.05) is 31.6 Å². The van der Waals surface area contributed by atoms with Crippen molar-refractivity contribution in [1.82, 2.24) is 15.6 Å². The highest BCUT2D eigenvalue weighted by atomic mass is 32.1. The van der Waals surface area contributed by atoms with Crippen LogP contribution in [0.4, 0.5) is 0 Å². The van der Waals surface area contributed by atoms with Gasteiger partial charge in [0.05, 0.1) is 33.2 Å². The second kappa shape index (κ2) is 18.0. The lowest BCUT2D eigenvalue weighted by Gasteiger charge is -2.30. The van der Waals surface area contributed by atoms with E-state index < -0.39 is 17.9 Å². The first-order valence-electron chi connectivity index (χ1n) is 18.6. The number of carbonyl (C=O) groups is 4. The lowest BCUT2D eigenvalue weighted by atomic mass is 9.85. The van der Waals surface area contributed by atoms with E-state index in [4.69, 9.17) is 10.7 Å². The molecule has 2 aliphatic rings. The van der Waals surface area contributed by atoms with Crippen molar-refractivity contribution in [3.8, 4) is 0 Å². The summed E-state index contributed by atoms with van der Waals surface area (Å²) in [7, 11) is 0. The number of hydrogen-bond acceptors (Lipinski definition) is 7. The summed E-state index contributed by atoms with van der Waals surface area (Å²) in [6, 6.07) is 13.8. The zero-order chi connectivity index (χ0) is 34.8. The molecule has 2 aromatic carbocycles. The monoisotopic (exact) mass is 686 g/mol. The molecule has 5 rings (SSSR count). The minimum absolute atomic E-state index is 0.0131. The third-order valence-electron chi connectivity index (χ3n) is 10.6. The maximum absolute atomic E-state index is 14.2. The van der Waals surface area contributed by atoms with Crippen LogP contribution in [-0.2, 0) is 38.4 Å². The fourth-order valence-corrected chi connectivity index (χ4v) is 8.77. The van der Waals surface area contributed by atoms with Gasteiger partial charge in [0.1, 0.15) is 5.78 Å². The molecule has 1 saturated carbocycles. The van der Waals surface area contributed by atoms with E-state index in [1.165, 1.54) is 11.1 Å². The van der Waals surface area contributed by atoms with E-state index in [0.717, 1.165) is 85.0 Å². The highest BCUT2D eigenvalue weighted by Gasteiger charge is 2.36. The molecule has 4 N–H and O–H groups in total. The number of amides is 2. The topological polar surface area (TPSA) is 131 Å². The minimum atomic E-state index is -0.683. The molecule has 0 bridgehead atoms. The maximum Gasteiger partial charge on any atom is 0.224 e. The van der Waals surface area contributed by atoms with E-state index in [2.05, 4.69) is 41.8 Å². The molecule has 0 saturated heterocycles. The smallest absolute Gasteiger partial charge is 0.224 e. The number of nitrogens with zero attached hydrogens (tertiary/aromatic N) is 1. The van der Waals surface area contributed by atoms with Crippen LogP contribution >= 0.6 is 11.3 Å². The van der Waals surface area contributed by atoms with Gasteiger partial charge in [0.15, 0.2) is 5.78 Å². The lowest BCUT2D eigenvalue weighted by molar-refractivity contribution is -0.135. The predicted octanol–water partition coefficient (Wildman–Crippen LogP) is 6.96. The van der Waals surface area contributed by atoms with Gasteiger partial charge in [-0.2, -0.15) is 0 Å². The van der Waals surface area contributed by atoms with Gasteiger partial charge in [-0.25, -0.2) is 4.98 Å². The summed E-state index contributed by atoms with van der Waals surface area (Å²) in [6.45, 7) is 4.46. The quantitative estimate of drug-likeness (QED) is 0.124. The van der Waals surface area contributed by atoms with Crippen LogP contribution in [0.1, 0.15) is 119 Å². The van der Waals surface area contributed by atoms with Crippen LogP contribution < -0.4 is 16.4 Å². The van der Waals surface area contributed by atoms with Crippen molar-refractivity contribution in [3.63, 3.8) is 0 Å². The summed E-state index contributed by atoms with van der Waals surface area (Å²) >= 11 is 1.57. The highest BCUT2D eigenvalue weighted by Crippen LogP contribution is 2.33. The average molecular weight is 687 g/mol. The van der Waals surface area contributed by atoms with Crippen molar-refractivity contribution in [2.75, 3.05) is 6.54 Å². The Morgan fingerprint density at radius 2 is 1.73 bits per heavy atom. The Hall–Kier alpha value is -3.43. The molecule has 8 nitrogen and oxygen atoms in total. The van der Waals surface area contributed by atoms with E-state index in [0.29, 0.717) is 25.8 Å². The number of carbonyl (C=O) groups excluding carboxylic acids is 4. The fourth-order valence-electron chi connectivity index (χ4n) is 7.66. The number of thiazole rings is 1. The van der Waals surface area contributed by atoms with E-state index in [1.807, 2.05) is 25.1 Å². The molecule has 3 aromatic rings. The molecule has 1 fully saturated rings.